The number of carbonyl (C=O) groups excluding carboxylic acids is 2. The molecule has 0 aromatic heterocycles. The van der Waals surface area contributed by atoms with Crippen molar-refractivity contribution in [2.75, 3.05) is 0 Å². The van der Waals surface area contributed by atoms with Crippen LogP contribution in [0, 0.1) is 0 Å². The maximum Gasteiger partial charge on any atom is 0.408 e. The minimum Gasteiger partial charge on any atom is -0.444 e. The monoisotopic (exact) mass is 436 g/mol. The summed E-state index contributed by atoms with van der Waals surface area (Å²) in [7, 11) is 0. The van der Waals surface area contributed by atoms with Crippen LogP contribution in [0.2, 0.25) is 0 Å². The van der Waals surface area contributed by atoms with Gasteiger partial charge in [-0.1, -0.05) is 54.6 Å². The minimum atomic E-state index is -0.787. The van der Waals surface area contributed by atoms with E-state index in [4.69, 9.17) is 9.47 Å². The molecule has 170 valence electrons. The van der Waals surface area contributed by atoms with Crippen molar-refractivity contribution in [2.45, 2.75) is 77.0 Å². The Labute approximate surface area is 189 Å². The van der Waals surface area contributed by atoms with E-state index in [1.807, 2.05) is 61.2 Å². The van der Waals surface area contributed by atoms with Gasteiger partial charge >= 0.3 is 6.09 Å². The second-order valence-electron chi connectivity index (χ2n) is 10.0. The van der Waals surface area contributed by atoms with Crippen LogP contribution in [0.3, 0.4) is 0 Å². The zero-order valence-corrected chi connectivity index (χ0v) is 19.4. The number of amides is 2. The average molecular weight is 437 g/mol. The molecule has 1 aliphatic heterocycles. The van der Waals surface area contributed by atoms with Gasteiger partial charge in [0.2, 0.25) is 5.91 Å². The lowest BCUT2D eigenvalue weighted by molar-refractivity contribution is -0.150. The highest BCUT2D eigenvalue weighted by molar-refractivity contribution is 5.87. The molecule has 0 radical (unpaired) electrons. The fourth-order valence-corrected chi connectivity index (χ4v) is 4.78. The van der Waals surface area contributed by atoms with E-state index in [1.54, 1.807) is 20.8 Å². The first-order valence-corrected chi connectivity index (χ1v) is 11.2. The Balaban J connectivity index is 1.65. The third kappa shape index (κ3) is 4.51. The van der Waals surface area contributed by atoms with Crippen LogP contribution < -0.4 is 5.32 Å². The molecule has 1 saturated heterocycles. The molecule has 2 aromatic carbocycles. The quantitative estimate of drug-likeness (QED) is 0.772. The summed E-state index contributed by atoms with van der Waals surface area (Å²) in [5.74, 6) is -0.172. The van der Waals surface area contributed by atoms with E-state index in [1.165, 1.54) is 5.56 Å². The predicted octanol–water partition coefficient (Wildman–Crippen LogP) is 4.38. The van der Waals surface area contributed by atoms with E-state index in [0.717, 1.165) is 17.5 Å². The van der Waals surface area contributed by atoms with Gasteiger partial charge in [-0.2, -0.15) is 0 Å². The highest BCUT2D eigenvalue weighted by Crippen LogP contribution is 2.48. The number of alkyl carbamates (subject to hydrolysis) is 1. The summed E-state index contributed by atoms with van der Waals surface area (Å²) in [6, 6.07) is 16.9. The summed E-state index contributed by atoms with van der Waals surface area (Å²) >= 11 is 0. The minimum absolute atomic E-state index is 0.0924. The van der Waals surface area contributed by atoms with Crippen molar-refractivity contribution in [3.05, 3.63) is 71.3 Å². The third-order valence-electron chi connectivity index (χ3n) is 5.95. The Morgan fingerprint density at radius 3 is 2.47 bits per heavy atom. The summed E-state index contributed by atoms with van der Waals surface area (Å²) in [5, 5.41) is 2.83. The van der Waals surface area contributed by atoms with Crippen LogP contribution in [0.5, 0.6) is 0 Å². The van der Waals surface area contributed by atoms with Crippen LogP contribution in [0.1, 0.15) is 57.4 Å². The van der Waals surface area contributed by atoms with Crippen LogP contribution in [0.4, 0.5) is 4.79 Å². The molecular weight excluding hydrogens is 404 g/mol. The van der Waals surface area contributed by atoms with Crippen molar-refractivity contribution in [3.63, 3.8) is 0 Å². The van der Waals surface area contributed by atoms with E-state index >= 15 is 0 Å². The lowest BCUT2D eigenvalue weighted by atomic mass is 10.0. The highest BCUT2D eigenvalue weighted by atomic mass is 16.6. The SMILES string of the molecule is CC(C)(C)OC(=O)N[C@@H](Cc1ccccc1)C(=O)N1[C@H]2c3ccccc3C[C@H]2OC1(C)C. The zero-order valence-electron chi connectivity index (χ0n) is 19.4. The molecule has 6 heteroatoms. The molecule has 1 fully saturated rings. The normalized spacial score (nSPS) is 22.1. The lowest BCUT2D eigenvalue weighted by Crippen LogP contribution is -2.55. The number of fused-ring (bicyclic) bond motifs is 3. The topological polar surface area (TPSA) is 67.9 Å². The lowest BCUT2D eigenvalue weighted by Gasteiger charge is -2.36. The molecule has 32 heavy (non-hydrogen) atoms. The maximum absolute atomic E-state index is 14.0. The van der Waals surface area contributed by atoms with Crippen LogP contribution in [0.15, 0.2) is 54.6 Å². The summed E-state index contributed by atoms with van der Waals surface area (Å²) in [6.07, 6.45) is 0.444. The average Bonchev–Trinajstić information content (AvgIpc) is 3.16. The molecule has 0 spiro atoms. The van der Waals surface area contributed by atoms with Crippen molar-refractivity contribution in [3.8, 4) is 0 Å². The van der Waals surface area contributed by atoms with Gasteiger partial charge in [0.15, 0.2) is 0 Å². The van der Waals surface area contributed by atoms with Crippen LogP contribution >= 0.6 is 0 Å². The van der Waals surface area contributed by atoms with Gasteiger partial charge in [0.05, 0.1) is 12.1 Å². The van der Waals surface area contributed by atoms with Gasteiger partial charge in [0.1, 0.15) is 17.4 Å². The number of nitrogens with zero attached hydrogens (tertiary/aromatic N) is 1. The molecule has 4 rings (SSSR count). The van der Waals surface area contributed by atoms with Gasteiger partial charge in [-0.05, 0) is 51.3 Å². The Hall–Kier alpha value is -2.86. The van der Waals surface area contributed by atoms with E-state index < -0.39 is 23.5 Å². The molecule has 1 N–H and O–H groups in total. The molecule has 1 aliphatic carbocycles. The van der Waals surface area contributed by atoms with Crippen LogP contribution in [0.25, 0.3) is 0 Å². The summed E-state index contributed by atoms with van der Waals surface area (Å²) in [5.41, 5.74) is 1.84. The van der Waals surface area contributed by atoms with Gasteiger partial charge in [-0.3, -0.25) is 4.79 Å². The molecule has 6 nitrogen and oxygen atoms in total. The Kier molecular flexibility index (Phi) is 5.76. The number of rotatable bonds is 4. The van der Waals surface area contributed by atoms with E-state index in [9.17, 15) is 9.59 Å². The van der Waals surface area contributed by atoms with Crippen molar-refractivity contribution in [2.24, 2.45) is 0 Å². The Morgan fingerprint density at radius 1 is 1.12 bits per heavy atom. The molecule has 1 heterocycles. The first kappa shape index (κ1) is 22.3. The number of carbonyl (C=O) groups is 2. The molecular formula is C26H32N2O4. The molecule has 2 aliphatic rings. The van der Waals surface area contributed by atoms with Crippen molar-refractivity contribution in [1.82, 2.24) is 10.2 Å². The number of hydrogen-bond donors (Lipinski definition) is 1. The maximum atomic E-state index is 14.0. The van der Waals surface area contributed by atoms with Crippen LogP contribution in [-0.2, 0) is 27.1 Å². The Bertz CT molecular complexity index is 996. The highest BCUT2D eigenvalue weighted by Gasteiger charge is 2.54. The first-order chi connectivity index (χ1) is 15.0. The van der Waals surface area contributed by atoms with Crippen molar-refractivity contribution < 1.29 is 19.1 Å². The van der Waals surface area contributed by atoms with Gasteiger partial charge in [-0.25, -0.2) is 4.79 Å². The molecule has 0 unspecified atom stereocenters. The second kappa shape index (κ2) is 8.24. The predicted molar refractivity (Wildman–Crippen MR) is 122 cm³/mol. The number of benzene rings is 2. The first-order valence-electron chi connectivity index (χ1n) is 11.2. The van der Waals surface area contributed by atoms with Gasteiger partial charge in [0.25, 0.3) is 0 Å². The second-order valence-corrected chi connectivity index (χ2v) is 10.0. The van der Waals surface area contributed by atoms with Crippen molar-refractivity contribution in [1.29, 1.82) is 0 Å². The smallest absolute Gasteiger partial charge is 0.408 e. The summed E-state index contributed by atoms with van der Waals surface area (Å²) in [4.78, 5) is 28.4. The van der Waals surface area contributed by atoms with Crippen molar-refractivity contribution >= 4 is 12.0 Å². The standard InChI is InChI=1S/C26H32N2O4/c1-25(2,3)32-24(30)27-20(15-17-11-7-6-8-12-17)23(29)28-22-19-14-10-9-13-18(19)16-21(22)31-26(28,4)5/h6-14,20-22H,15-16H2,1-5H3,(H,27,30)/t20-,21+,22-/m0/s1. The Morgan fingerprint density at radius 2 is 1.78 bits per heavy atom. The largest absolute Gasteiger partial charge is 0.444 e. The summed E-state index contributed by atoms with van der Waals surface area (Å²) in [6.45, 7) is 9.24. The molecule has 0 bridgehead atoms. The third-order valence-corrected chi connectivity index (χ3v) is 5.95. The van der Waals surface area contributed by atoms with Gasteiger partial charge in [0, 0.05) is 12.8 Å². The van der Waals surface area contributed by atoms with E-state index in [2.05, 4.69) is 17.4 Å². The fraction of sp³-hybridized carbons (Fsp3) is 0.462. The molecule has 2 amide bonds. The van der Waals surface area contributed by atoms with E-state index in [0.29, 0.717) is 6.42 Å². The molecule has 3 atom stereocenters. The van der Waals surface area contributed by atoms with Gasteiger partial charge in [-0.15, -0.1) is 0 Å². The number of hydrogen-bond acceptors (Lipinski definition) is 4. The zero-order chi connectivity index (χ0) is 23.1. The van der Waals surface area contributed by atoms with Crippen LogP contribution in [-0.4, -0.2) is 40.4 Å². The molecule has 0 saturated carbocycles. The van der Waals surface area contributed by atoms with Gasteiger partial charge < -0.3 is 19.7 Å². The molecule has 2 aromatic rings. The number of nitrogens with one attached hydrogen (secondary N) is 1. The van der Waals surface area contributed by atoms with E-state index in [-0.39, 0.29) is 18.1 Å². The number of ether oxygens (including phenoxy) is 2. The fourth-order valence-electron chi connectivity index (χ4n) is 4.78. The summed E-state index contributed by atoms with van der Waals surface area (Å²) < 4.78 is 11.8.